The van der Waals surface area contributed by atoms with Crippen LogP contribution in [0.15, 0.2) is 47.8 Å². The predicted molar refractivity (Wildman–Crippen MR) is 97.8 cm³/mol. The molecule has 1 heterocycles. The molecule has 1 amide bonds. The van der Waals surface area contributed by atoms with Gasteiger partial charge in [-0.25, -0.2) is 0 Å². The van der Waals surface area contributed by atoms with Gasteiger partial charge in [-0.3, -0.25) is 4.79 Å². The van der Waals surface area contributed by atoms with E-state index < -0.39 is 0 Å². The molecule has 0 saturated carbocycles. The van der Waals surface area contributed by atoms with Gasteiger partial charge in [0.1, 0.15) is 0 Å². The van der Waals surface area contributed by atoms with Crippen LogP contribution < -0.4 is 5.32 Å². The second-order valence-corrected chi connectivity index (χ2v) is 6.97. The van der Waals surface area contributed by atoms with Gasteiger partial charge in [0.05, 0.1) is 12.0 Å². The van der Waals surface area contributed by atoms with Gasteiger partial charge in [0.2, 0.25) is 5.91 Å². The summed E-state index contributed by atoms with van der Waals surface area (Å²) in [6, 6.07) is 14.5. The number of hydrogen-bond acceptors (Lipinski definition) is 3. The Morgan fingerprint density at radius 3 is 2.48 bits per heavy atom. The summed E-state index contributed by atoms with van der Waals surface area (Å²) in [7, 11) is 4.11. The molecule has 124 valence electrons. The second-order valence-electron chi connectivity index (χ2n) is 5.99. The van der Waals surface area contributed by atoms with E-state index in [1.807, 2.05) is 30.3 Å². The molecule has 2 atom stereocenters. The standard InChI is InChI=1S/C19H26N2OS/c1-4-9-16(15-10-6-5-7-11-15)19(22)20-14-17(21(2)3)18-12-8-13-23-18/h5-8,10-13,16-17H,4,9,14H2,1-3H3,(H,20,22)/t16-,17+/m1/s1. The van der Waals surface area contributed by atoms with E-state index in [1.54, 1.807) is 11.3 Å². The fourth-order valence-electron chi connectivity index (χ4n) is 2.76. The fraction of sp³-hybridized carbons (Fsp3) is 0.421. The molecule has 0 unspecified atom stereocenters. The van der Waals surface area contributed by atoms with Crippen LogP contribution in [0.1, 0.15) is 42.2 Å². The molecule has 23 heavy (non-hydrogen) atoms. The van der Waals surface area contributed by atoms with Gasteiger partial charge in [0, 0.05) is 11.4 Å². The Morgan fingerprint density at radius 2 is 1.91 bits per heavy atom. The highest BCUT2D eigenvalue weighted by Crippen LogP contribution is 2.24. The van der Waals surface area contributed by atoms with Gasteiger partial charge in [-0.1, -0.05) is 49.7 Å². The van der Waals surface area contributed by atoms with E-state index in [1.165, 1.54) is 4.88 Å². The van der Waals surface area contributed by atoms with Crippen LogP contribution in [0.25, 0.3) is 0 Å². The number of hydrogen-bond donors (Lipinski definition) is 1. The third-order valence-corrected chi connectivity index (χ3v) is 5.03. The first-order valence-corrected chi connectivity index (χ1v) is 9.04. The number of rotatable bonds is 8. The number of carbonyl (C=O) groups is 1. The zero-order valence-corrected chi connectivity index (χ0v) is 15.0. The summed E-state index contributed by atoms with van der Waals surface area (Å²) >= 11 is 1.73. The molecule has 0 spiro atoms. The van der Waals surface area contributed by atoms with Crippen LogP contribution in [0, 0.1) is 0 Å². The van der Waals surface area contributed by atoms with Gasteiger partial charge < -0.3 is 10.2 Å². The number of likely N-dealkylation sites (N-methyl/N-ethyl adjacent to an activating group) is 1. The predicted octanol–water partition coefficient (Wildman–Crippen LogP) is 4.05. The average molecular weight is 330 g/mol. The smallest absolute Gasteiger partial charge is 0.227 e. The topological polar surface area (TPSA) is 32.3 Å². The molecular weight excluding hydrogens is 304 g/mol. The molecule has 0 radical (unpaired) electrons. The Balaban J connectivity index is 2.03. The van der Waals surface area contributed by atoms with Crippen molar-refractivity contribution in [2.45, 2.75) is 31.7 Å². The maximum Gasteiger partial charge on any atom is 0.227 e. The molecule has 1 aromatic heterocycles. The number of amides is 1. The average Bonchev–Trinajstić information content (AvgIpc) is 3.07. The van der Waals surface area contributed by atoms with Gasteiger partial charge in [0.25, 0.3) is 0 Å². The molecule has 0 aliphatic heterocycles. The van der Waals surface area contributed by atoms with E-state index in [0.717, 1.165) is 18.4 Å². The first-order valence-electron chi connectivity index (χ1n) is 8.16. The van der Waals surface area contributed by atoms with Crippen LogP contribution in [0.3, 0.4) is 0 Å². The van der Waals surface area contributed by atoms with Gasteiger partial charge in [-0.15, -0.1) is 11.3 Å². The lowest BCUT2D eigenvalue weighted by Crippen LogP contribution is -2.36. The van der Waals surface area contributed by atoms with E-state index in [0.29, 0.717) is 6.54 Å². The minimum Gasteiger partial charge on any atom is -0.354 e. The number of thiophene rings is 1. The van der Waals surface area contributed by atoms with Crippen molar-refractivity contribution in [2.24, 2.45) is 0 Å². The lowest BCUT2D eigenvalue weighted by Gasteiger charge is -2.25. The maximum absolute atomic E-state index is 12.7. The normalized spacial score (nSPS) is 13.7. The number of nitrogens with one attached hydrogen (secondary N) is 1. The Hall–Kier alpha value is -1.65. The summed E-state index contributed by atoms with van der Waals surface area (Å²) in [6.45, 7) is 2.76. The maximum atomic E-state index is 12.7. The van der Waals surface area contributed by atoms with Gasteiger partial charge in [-0.2, -0.15) is 0 Å². The van der Waals surface area contributed by atoms with Crippen molar-refractivity contribution in [3.63, 3.8) is 0 Å². The Labute approximate surface area is 143 Å². The van der Waals surface area contributed by atoms with E-state index >= 15 is 0 Å². The molecule has 0 saturated heterocycles. The SMILES string of the molecule is CCC[C@@H](C(=O)NC[C@@H](c1cccs1)N(C)C)c1ccccc1. The van der Waals surface area contributed by atoms with Crippen LogP contribution in [-0.2, 0) is 4.79 Å². The lowest BCUT2D eigenvalue weighted by atomic mass is 9.93. The molecule has 2 aromatic rings. The van der Waals surface area contributed by atoms with Crippen molar-refractivity contribution in [3.05, 3.63) is 58.3 Å². The summed E-state index contributed by atoms with van der Waals surface area (Å²) in [5, 5.41) is 5.24. The first kappa shape index (κ1) is 17.7. The zero-order chi connectivity index (χ0) is 16.7. The van der Waals surface area contributed by atoms with Crippen molar-refractivity contribution in [1.29, 1.82) is 0 Å². The monoisotopic (exact) mass is 330 g/mol. The van der Waals surface area contributed by atoms with E-state index in [2.05, 4.69) is 48.7 Å². The van der Waals surface area contributed by atoms with Crippen molar-refractivity contribution >= 4 is 17.2 Å². The highest BCUT2D eigenvalue weighted by molar-refractivity contribution is 7.10. The van der Waals surface area contributed by atoms with Crippen molar-refractivity contribution in [2.75, 3.05) is 20.6 Å². The molecule has 1 aromatic carbocycles. The van der Waals surface area contributed by atoms with Crippen LogP contribution in [0.4, 0.5) is 0 Å². The van der Waals surface area contributed by atoms with Gasteiger partial charge in [0.15, 0.2) is 0 Å². The Morgan fingerprint density at radius 1 is 1.17 bits per heavy atom. The van der Waals surface area contributed by atoms with Gasteiger partial charge in [-0.05, 0) is 37.5 Å². The van der Waals surface area contributed by atoms with E-state index in [4.69, 9.17) is 0 Å². The molecule has 0 bridgehead atoms. The third kappa shape index (κ3) is 4.91. The molecule has 0 aliphatic carbocycles. The van der Waals surface area contributed by atoms with Crippen molar-refractivity contribution in [1.82, 2.24) is 10.2 Å². The summed E-state index contributed by atoms with van der Waals surface area (Å²) in [6.07, 6.45) is 1.87. The molecule has 0 fully saturated rings. The lowest BCUT2D eigenvalue weighted by molar-refractivity contribution is -0.123. The number of carbonyl (C=O) groups excluding carboxylic acids is 1. The van der Waals surface area contributed by atoms with Crippen LogP contribution in [0.2, 0.25) is 0 Å². The highest BCUT2D eigenvalue weighted by Gasteiger charge is 2.22. The molecule has 1 N–H and O–H groups in total. The van der Waals surface area contributed by atoms with Crippen molar-refractivity contribution < 1.29 is 4.79 Å². The molecular formula is C19H26N2OS. The third-order valence-electron chi connectivity index (χ3n) is 4.06. The Bertz CT molecular complexity index is 581. The molecule has 2 rings (SSSR count). The number of benzene rings is 1. The quantitative estimate of drug-likeness (QED) is 0.792. The minimum atomic E-state index is -0.0626. The first-order chi connectivity index (χ1) is 11.1. The number of nitrogens with zero attached hydrogens (tertiary/aromatic N) is 1. The molecule has 0 aliphatic rings. The van der Waals surface area contributed by atoms with Gasteiger partial charge >= 0.3 is 0 Å². The summed E-state index contributed by atoms with van der Waals surface area (Å²) in [5.74, 6) is 0.0637. The summed E-state index contributed by atoms with van der Waals surface area (Å²) in [4.78, 5) is 16.1. The van der Waals surface area contributed by atoms with Crippen LogP contribution >= 0.6 is 11.3 Å². The Kier molecular flexibility index (Phi) is 6.81. The van der Waals surface area contributed by atoms with Crippen LogP contribution in [0.5, 0.6) is 0 Å². The molecule has 4 heteroatoms. The largest absolute Gasteiger partial charge is 0.354 e. The highest BCUT2D eigenvalue weighted by atomic mass is 32.1. The van der Waals surface area contributed by atoms with E-state index in [9.17, 15) is 4.79 Å². The summed E-state index contributed by atoms with van der Waals surface area (Å²) < 4.78 is 0. The van der Waals surface area contributed by atoms with Crippen LogP contribution in [-0.4, -0.2) is 31.4 Å². The summed E-state index contributed by atoms with van der Waals surface area (Å²) in [5.41, 5.74) is 1.10. The van der Waals surface area contributed by atoms with Crippen molar-refractivity contribution in [3.8, 4) is 0 Å². The minimum absolute atomic E-state index is 0.0626. The zero-order valence-electron chi connectivity index (χ0n) is 14.2. The fourth-order valence-corrected chi connectivity index (χ4v) is 3.68. The van der Waals surface area contributed by atoms with E-state index in [-0.39, 0.29) is 17.9 Å². The molecule has 3 nitrogen and oxygen atoms in total. The second kappa shape index (κ2) is 8.85.